The van der Waals surface area contributed by atoms with Crippen molar-refractivity contribution < 1.29 is 4.79 Å². The molecule has 0 bridgehead atoms. The van der Waals surface area contributed by atoms with E-state index in [4.69, 9.17) is 15.2 Å². The van der Waals surface area contributed by atoms with E-state index in [1.165, 1.54) is 0 Å². The van der Waals surface area contributed by atoms with Gasteiger partial charge in [0.1, 0.15) is 5.82 Å². The molecule has 1 atom stereocenters. The van der Waals surface area contributed by atoms with Gasteiger partial charge >= 0.3 is 0 Å². The van der Waals surface area contributed by atoms with Crippen LogP contribution >= 0.6 is 0 Å². The summed E-state index contributed by atoms with van der Waals surface area (Å²) in [4.78, 5) is 24.2. The molecule has 2 aliphatic carbocycles. The number of rotatable bonds is 5. The Kier molecular flexibility index (Phi) is 5.37. The highest BCUT2D eigenvalue weighted by Gasteiger charge is 2.55. The largest absolute Gasteiger partial charge is 0.362 e. The predicted octanol–water partition coefficient (Wildman–Crippen LogP) is 4.11. The molecular formula is C26H28N6O. The maximum Gasteiger partial charge on any atom is 0.251 e. The Balaban J connectivity index is 1.20. The summed E-state index contributed by atoms with van der Waals surface area (Å²) in [7, 11) is 4.01. The van der Waals surface area contributed by atoms with Crippen molar-refractivity contribution in [2.45, 2.75) is 44.2 Å². The van der Waals surface area contributed by atoms with Crippen LogP contribution in [0, 0.1) is 16.7 Å². The summed E-state index contributed by atoms with van der Waals surface area (Å²) in [6, 6.07) is 17.6. The Hall–Kier alpha value is -3.66. The molecule has 5 rings (SSSR count). The van der Waals surface area contributed by atoms with E-state index >= 15 is 0 Å². The van der Waals surface area contributed by atoms with Gasteiger partial charge in [0.05, 0.1) is 17.1 Å². The zero-order chi connectivity index (χ0) is 23.0. The van der Waals surface area contributed by atoms with E-state index in [-0.39, 0.29) is 17.4 Å². The molecule has 1 spiro atoms. The second kappa shape index (κ2) is 8.36. The van der Waals surface area contributed by atoms with E-state index in [2.05, 4.69) is 22.8 Å². The lowest BCUT2D eigenvalue weighted by molar-refractivity contribution is 0.0919. The average molecular weight is 441 g/mol. The zero-order valence-electron chi connectivity index (χ0n) is 19.0. The number of nitrogens with one attached hydrogen (secondary N) is 2. The maximum absolute atomic E-state index is 12.6. The monoisotopic (exact) mass is 440 g/mol. The topological polar surface area (TPSA) is 93.9 Å². The highest BCUT2D eigenvalue weighted by atomic mass is 16.1. The summed E-state index contributed by atoms with van der Waals surface area (Å²) in [5, 5.41) is 16.9. The Morgan fingerprint density at radius 3 is 2.67 bits per heavy atom. The number of nitrogens with zero attached hydrogens (tertiary/aromatic N) is 4. The van der Waals surface area contributed by atoms with Gasteiger partial charge in [-0.15, -0.1) is 0 Å². The van der Waals surface area contributed by atoms with Crippen molar-refractivity contribution in [1.82, 2.24) is 15.3 Å². The van der Waals surface area contributed by atoms with Gasteiger partial charge in [0, 0.05) is 37.1 Å². The van der Waals surface area contributed by atoms with Crippen molar-refractivity contribution in [2.24, 2.45) is 5.41 Å². The molecule has 2 aromatic carbocycles. The summed E-state index contributed by atoms with van der Waals surface area (Å²) in [6.07, 6.45) is 5.18. The molecule has 168 valence electrons. The van der Waals surface area contributed by atoms with E-state index in [1.807, 2.05) is 37.2 Å². The van der Waals surface area contributed by atoms with E-state index < -0.39 is 0 Å². The van der Waals surface area contributed by atoms with Gasteiger partial charge in [0.15, 0.2) is 0 Å². The first-order valence-electron chi connectivity index (χ1n) is 11.5. The number of carbonyl (C=O) groups excluding carboxylic acids is 1. The van der Waals surface area contributed by atoms with Crippen molar-refractivity contribution in [3.05, 3.63) is 59.7 Å². The third kappa shape index (κ3) is 4.21. The van der Waals surface area contributed by atoms with Crippen LogP contribution in [-0.4, -0.2) is 42.1 Å². The fourth-order valence-corrected chi connectivity index (χ4v) is 5.06. The maximum atomic E-state index is 12.6. The normalized spacial score (nSPS) is 23.7. The summed E-state index contributed by atoms with van der Waals surface area (Å²) in [6.45, 7) is 0. The van der Waals surface area contributed by atoms with Gasteiger partial charge in [-0.05, 0) is 67.9 Å². The van der Waals surface area contributed by atoms with Gasteiger partial charge < -0.3 is 15.5 Å². The Morgan fingerprint density at radius 2 is 1.91 bits per heavy atom. The fourth-order valence-electron chi connectivity index (χ4n) is 5.06. The Bertz CT molecular complexity index is 1240. The molecule has 1 amide bonds. The molecule has 2 N–H and O–H groups in total. The minimum absolute atomic E-state index is 0.0979. The number of nitriles is 1. The Morgan fingerprint density at radius 1 is 1.12 bits per heavy atom. The lowest BCUT2D eigenvalue weighted by Gasteiger charge is -2.30. The minimum atomic E-state index is -0.0979. The van der Waals surface area contributed by atoms with E-state index in [0.717, 1.165) is 48.8 Å². The number of para-hydroxylation sites is 1. The molecule has 33 heavy (non-hydrogen) atoms. The summed E-state index contributed by atoms with van der Waals surface area (Å²) in [5.41, 5.74) is 2.27. The first-order valence-corrected chi connectivity index (χ1v) is 11.5. The second-order valence-corrected chi connectivity index (χ2v) is 9.49. The van der Waals surface area contributed by atoms with Gasteiger partial charge in [-0.3, -0.25) is 4.79 Å². The number of hydrogen-bond donors (Lipinski definition) is 2. The quantitative estimate of drug-likeness (QED) is 0.620. The van der Waals surface area contributed by atoms with Gasteiger partial charge in [0.2, 0.25) is 5.95 Å². The lowest BCUT2D eigenvalue weighted by Crippen LogP contribution is -2.38. The van der Waals surface area contributed by atoms with Crippen LogP contribution in [0.25, 0.3) is 10.9 Å². The van der Waals surface area contributed by atoms with Crippen molar-refractivity contribution in [2.75, 3.05) is 24.3 Å². The molecule has 0 radical (unpaired) electrons. The number of benzene rings is 2. The number of anilines is 2. The van der Waals surface area contributed by atoms with Crippen LogP contribution < -0.4 is 15.5 Å². The number of amides is 1. The van der Waals surface area contributed by atoms with Crippen molar-refractivity contribution in [3.8, 4) is 6.07 Å². The smallest absolute Gasteiger partial charge is 0.251 e. The molecular weight excluding hydrogens is 412 g/mol. The van der Waals surface area contributed by atoms with E-state index in [1.54, 1.807) is 24.3 Å². The standard InChI is InChI=1S/C26H28N6O/c1-32(2)23-20-8-3-4-9-21(20)29-25(31-23)30-22-15-26(22)12-10-19(11-13-26)28-24(33)18-7-5-6-17(14-18)16-27/h3-9,14,19,22H,10-13,15H2,1-2H3,(H,28,33)(H,29,30,31)/t19?,22-,26?/m0/s1. The molecule has 1 aromatic heterocycles. The van der Waals surface area contributed by atoms with Crippen LogP contribution in [0.1, 0.15) is 48.0 Å². The SMILES string of the molecule is CN(C)c1nc(N[C@H]2CC23CCC(NC(=O)c2cccc(C#N)c2)CC3)nc2ccccc12. The van der Waals surface area contributed by atoms with Crippen molar-refractivity contribution in [3.63, 3.8) is 0 Å². The summed E-state index contributed by atoms with van der Waals surface area (Å²) < 4.78 is 0. The van der Waals surface area contributed by atoms with Crippen molar-refractivity contribution >= 4 is 28.6 Å². The molecule has 0 aliphatic heterocycles. The van der Waals surface area contributed by atoms with Gasteiger partial charge in [-0.25, -0.2) is 4.98 Å². The number of fused-ring (bicyclic) bond motifs is 1. The summed E-state index contributed by atoms with van der Waals surface area (Å²) >= 11 is 0. The molecule has 7 heteroatoms. The third-order valence-corrected chi connectivity index (χ3v) is 7.07. The molecule has 0 saturated heterocycles. The number of carbonyl (C=O) groups is 1. The third-order valence-electron chi connectivity index (χ3n) is 7.07. The van der Waals surface area contributed by atoms with Crippen molar-refractivity contribution in [1.29, 1.82) is 5.26 Å². The first-order chi connectivity index (χ1) is 16.0. The number of aromatic nitrogens is 2. The van der Waals surface area contributed by atoms with Crippen LogP contribution in [0.3, 0.4) is 0 Å². The van der Waals surface area contributed by atoms with Crippen LogP contribution in [0.5, 0.6) is 0 Å². The van der Waals surface area contributed by atoms with Crippen LogP contribution in [0.15, 0.2) is 48.5 Å². The molecule has 0 unspecified atom stereocenters. The van der Waals surface area contributed by atoms with E-state index in [9.17, 15) is 4.79 Å². The molecule has 2 fully saturated rings. The highest BCUT2D eigenvalue weighted by molar-refractivity contribution is 5.94. The molecule has 1 heterocycles. The molecule has 3 aromatic rings. The second-order valence-electron chi connectivity index (χ2n) is 9.49. The van der Waals surface area contributed by atoms with E-state index in [0.29, 0.717) is 23.1 Å². The minimum Gasteiger partial charge on any atom is -0.362 e. The first kappa shape index (κ1) is 21.2. The van der Waals surface area contributed by atoms with Gasteiger partial charge in [-0.2, -0.15) is 10.2 Å². The molecule has 2 saturated carbocycles. The van der Waals surface area contributed by atoms with Crippen LogP contribution in [0.4, 0.5) is 11.8 Å². The van der Waals surface area contributed by atoms with Crippen LogP contribution in [-0.2, 0) is 0 Å². The predicted molar refractivity (Wildman–Crippen MR) is 129 cm³/mol. The van der Waals surface area contributed by atoms with Crippen LogP contribution in [0.2, 0.25) is 0 Å². The van der Waals surface area contributed by atoms with Gasteiger partial charge in [0.25, 0.3) is 5.91 Å². The Labute approximate surface area is 193 Å². The molecule has 7 nitrogen and oxygen atoms in total. The molecule has 2 aliphatic rings. The average Bonchev–Trinajstić information content (AvgIpc) is 3.50. The van der Waals surface area contributed by atoms with Gasteiger partial charge in [-0.1, -0.05) is 18.2 Å². The number of hydrogen-bond acceptors (Lipinski definition) is 6. The highest BCUT2D eigenvalue weighted by Crippen LogP contribution is 2.57. The lowest BCUT2D eigenvalue weighted by atomic mass is 9.82. The summed E-state index contributed by atoms with van der Waals surface area (Å²) in [5.74, 6) is 1.51. The fraction of sp³-hybridized carbons (Fsp3) is 0.385. The zero-order valence-corrected chi connectivity index (χ0v) is 19.0.